The first-order chi connectivity index (χ1) is 15.4. The molecule has 0 aromatic carbocycles. The van der Waals surface area contributed by atoms with Gasteiger partial charge in [-0.3, -0.25) is 0 Å². The van der Waals surface area contributed by atoms with E-state index in [0.29, 0.717) is 6.54 Å². The Bertz CT molecular complexity index is 362. The fourth-order valence-electron chi connectivity index (χ4n) is 4.55. The van der Waals surface area contributed by atoms with Crippen LogP contribution < -0.4 is 0 Å². The molecule has 0 fully saturated rings. The molecule has 0 saturated heterocycles. The molecule has 0 N–H and O–H groups in total. The third-order valence-corrected chi connectivity index (χ3v) is 6.69. The van der Waals surface area contributed by atoms with Gasteiger partial charge in [0.25, 0.3) is 0 Å². The molecule has 2 nitrogen and oxygen atoms in total. The van der Waals surface area contributed by atoms with E-state index >= 15 is 0 Å². The molecule has 0 amide bonds. The van der Waals surface area contributed by atoms with E-state index in [1.807, 2.05) is 0 Å². The molecule has 0 atom stereocenters. The van der Waals surface area contributed by atoms with E-state index < -0.39 is 0 Å². The van der Waals surface area contributed by atoms with E-state index in [9.17, 15) is 4.79 Å². The largest absolute Gasteiger partial charge is 0.234 e. The molecule has 2 heteroatoms. The van der Waals surface area contributed by atoms with Crippen LogP contribution in [0.15, 0.2) is 4.99 Å². The molecule has 0 radical (unpaired) electrons. The number of isocyanates is 1. The molecule has 0 aromatic rings. The Morgan fingerprint density at radius 2 is 0.613 bits per heavy atom. The summed E-state index contributed by atoms with van der Waals surface area (Å²) in [6.07, 6.45) is 38.5. The predicted octanol–water partition coefficient (Wildman–Crippen LogP) is 10.5. The number of nitrogens with zero attached hydrogens (tertiary/aromatic N) is 1. The van der Waals surface area contributed by atoms with Gasteiger partial charge in [-0.1, -0.05) is 167 Å². The Morgan fingerprint density at radius 3 is 0.839 bits per heavy atom. The topological polar surface area (TPSA) is 29.4 Å². The lowest BCUT2D eigenvalue weighted by Crippen LogP contribution is -1.85. The molecule has 0 rings (SSSR count). The van der Waals surface area contributed by atoms with E-state index in [0.717, 1.165) is 6.42 Å². The van der Waals surface area contributed by atoms with Crippen LogP contribution in [0, 0.1) is 0 Å². The summed E-state index contributed by atoms with van der Waals surface area (Å²) >= 11 is 0. The normalized spacial score (nSPS) is 11.0. The lowest BCUT2D eigenvalue weighted by Gasteiger charge is -2.04. The summed E-state index contributed by atoms with van der Waals surface area (Å²) in [5.41, 5.74) is 0. The van der Waals surface area contributed by atoms with E-state index in [1.54, 1.807) is 6.08 Å². The summed E-state index contributed by atoms with van der Waals surface area (Å²) in [5.74, 6) is 0. The molecule has 0 aliphatic carbocycles. The van der Waals surface area contributed by atoms with Crippen LogP contribution in [-0.4, -0.2) is 12.6 Å². The lowest BCUT2D eigenvalue weighted by molar-refractivity contribution is 0.515. The molecular weight excluding hydrogens is 378 g/mol. The van der Waals surface area contributed by atoms with Crippen molar-refractivity contribution in [3.8, 4) is 0 Å². The first-order valence-corrected chi connectivity index (χ1v) is 14.5. The standard InChI is InChI=1S/C29H57NO/c1-2-3-4-5-6-7-8-9-10-11-12-13-14-15-16-17-18-19-20-21-22-23-24-25-26-27-28-30-29-31/h2-28H2,1H3. The van der Waals surface area contributed by atoms with Gasteiger partial charge in [0, 0.05) is 0 Å². The highest BCUT2D eigenvalue weighted by Gasteiger charge is 1.96. The van der Waals surface area contributed by atoms with Crippen LogP contribution in [0.2, 0.25) is 0 Å². The molecule has 0 saturated carbocycles. The first-order valence-electron chi connectivity index (χ1n) is 14.5. The van der Waals surface area contributed by atoms with Crippen LogP contribution in [0.4, 0.5) is 0 Å². The lowest BCUT2D eigenvalue weighted by atomic mass is 10.0. The van der Waals surface area contributed by atoms with Crippen molar-refractivity contribution in [3.63, 3.8) is 0 Å². The Balaban J connectivity index is 3.00. The summed E-state index contributed by atoms with van der Waals surface area (Å²) in [5, 5.41) is 0. The Hall–Kier alpha value is -0.620. The van der Waals surface area contributed by atoms with Gasteiger partial charge in [-0.25, -0.2) is 9.79 Å². The van der Waals surface area contributed by atoms with Crippen molar-refractivity contribution in [1.82, 2.24) is 0 Å². The van der Waals surface area contributed by atoms with Crippen LogP contribution >= 0.6 is 0 Å². The van der Waals surface area contributed by atoms with Crippen molar-refractivity contribution in [2.24, 2.45) is 4.99 Å². The number of rotatable bonds is 27. The molecule has 0 unspecified atom stereocenters. The average Bonchev–Trinajstić information content (AvgIpc) is 2.78. The summed E-state index contributed by atoms with van der Waals surface area (Å²) in [4.78, 5) is 13.6. The van der Waals surface area contributed by atoms with Gasteiger partial charge in [0.15, 0.2) is 0 Å². The maximum absolute atomic E-state index is 9.96. The van der Waals surface area contributed by atoms with Gasteiger partial charge >= 0.3 is 0 Å². The van der Waals surface area contributed by atoms with E-state index in [-0.39, 0.29) is 0 Å². The maximum Gasteiger partial charge on any atom is 0.234 e. The van der Waals surface area contributed by atoms with Crippen molar-refractivity contribution < 1.29 is 4.79 Å². The van der Waals surface area contributed by atoms with Gasteiger partial charge in [0.05, 0.1) is 6.54 Å². The third-order valence-electron chi connectivity index (χ3n) is 6.69. The zero-order chi connectivity index (χ0) is 22.5. The molecule has 0 bridgehead atoms. The summed E-state index contributed by atoms with van der Waals surface area (Å²) in [7, 11) is 0. The van der Waals surface area contributed by atoms with Gasteiger partial charge in [0.1, 0.15) is 0 Å². The number of unbranched alkanes of at least 4 members (excludes halogenated alkanes) is 25. The van der Waals surface area contributed by atoms with Gasteiger partial charge in [-0.05, 0) is 6.42 Å². The van der Waals surface area contributed by atoms with Crippen LogP contribution in [0.1, 0.15) is 174 Å². The molecule has 0 aliphatic rings. The third kappa shape index (κ3) is 29.4. The van der Waals surface area contributed by atoms with E-state index in [1.165, 1.54) is 161 Å². The van der Waals surface area contributed by atoms with Crippen molar-refractivity contribution in [2.75, 3.05) is 6.54 Å². The van der Waals surface area contributed by atoms with Crippen molar-refractivity contribution in [3.05, 3.63) is 0 Å². The van der Waals surface area contributed by atoms with Crippen LogP contribution in [0.5, 0.6) is 0 Å². The zero-order valence-corrected chi connectivity index (χ0v) is 21.4. The minimum atomic E-state index is 0.670. The van der Waals surface area contributed by atoms with Crippen LogP contribution in [0.25, 0.3) is 0 Å². The average molecular weight is 436 g/mol. The smallest absolute Gasteiger partial charge is 0.211 e. The predicted molar refractivity (Wildman–Crippen MR) is 139 cm³/mol. The van der Waals surface area contributed by atoms with Crippen molar-refractivity contribution in [2.45, 2.75) is 174 Å². The first kappa shape index (κ1) is 30.4. The molecule has 0 spiro atoms. The second-order valence-electron chi connectivity index (χ2n) is 9.81. The second-order valence-corrected chi connectivity index (χ2v) is 9.81. The Labute approximate surface area is 196 Å². The molecule has 31 heavy (non-hydrogen) atoms. The monoisotopic (exact) mass is 435 g/mol. The SMILES string of the molecule is CCCCCCCCCCCCCCCCCCCCCCCCCCCCN=C=O. The minimum absolute atomic E-state index is 0.670. The van der Waals surface area contributed by atoms with Gasteiger partial charge in [-0.15, -0.1) is 0 Å². The highest BCUT2D eigenvalue weighted by atomic mass is 16.1. The quantitative estimate of drug-likeness (QED) is 0.0716. The fraction of sp³-hybridized carbons (Fsp3) is 0.966. The van der Waals surface area contributed by atoms with E-state index in [4.69, 9.17) is 0 Å². The summed E-state index contributed by atoms with van der Waals surface area (Å²) < 4.78 is 0. The molecular formula is C29H57NO. The molecule has 0 aromatic heterocycles. The second kappa shape index (κ2) is 29.4. The summed E-state index contributed by atoms with van der Waals surface area (Å²) in [6.45, 7) is 2.97. The zero-order valence-electron chi connectivity index (χ0n) is 21.4. The Kier molecular flexibility index (Phi) is 28.8. The summed E-state index contributed by atoms with van der Waals surface area (Å²) in [6, 6.07) is 0. The number of hydrogen-bond acceptors (Lipinski definition) is 2. The molecule has 0 aliphatic heterocycles. The van der Waals surface area contributed by atoms with Gasteiger partial charge in [-0.2, -0.15) is 0 Å². The van der Waals surface area contributed by atoms with E-state index in [2.05, 4.69) is 11.9 Å². The Morgan fingerprint density at radius 1 is 0.387 bits per heavy atom. The fourth-order valence-corrected chi connectivity index (χ4v) is 4.55. The van der Waals surface area contributed by atoms with Crippen molar-refractivity contribution >= 4 is 6.08 Å². The van der Waals surface area contributed by atoms with Crippen LogP contribution in [0.3, 0.4) is 0 Å². The number of carbonyl (C=O) groups excluding carboxylic acids is 1. The molecule has 184 valence electrons. The maximum atomic E-state index is 9.96. The molecule has 0 heterocycles. The van der Waals surface area contributed by atoms with Gasteiger partial charge < -0.3 is 0 Å². The highest BCUT2D eigenvalue weighted by molar-refractivity contribution is 5.32. The van der Waals surface area contributed by atoms with Crippen molar-refractivity contribution in [1.29, 1.82) is 0 Å². The number of hydrogen-bond donors (Lipinski definition) is 0. The van der Waals surface area contributed by atoms with Gasteiger partial charge in [0.2, 0.25) is 6.08 Å². The van der Waals surface area contributed by atoms with Crippen LogP contribution in [-0.2, 0) is 4.79 Å². The number of aliphatic imine (C=N–C) groups is 1. The minimum Gasteiger partial charge on any atom is -0.211 e. The highest BCUT2D eigenvalue weighted by Crippen LogP contribution is 2.15.